The molecule has 1 aliphatic heterocycles. The van der Waals surface area contributed by atoms with Crippen molar-refractivity contribution in [3.8, 4) is 0 Å². The Balaban J connectivity index is 0.000000581. The van der Waals surface area contributed by atoms with E-state index < -0.39 is 23.3 Å². The zero-order chi connectivity index (χ0) is 16.6. The van der Waals surface area contributed by atoms with Crippen LogP contribution in [0, 0.1) is 11.3 Å². The molecule has 2 atom stereocenters. The van der Waals surface area contributed by atoms with Gasteiger partial charge in [0, 0.05) is 0 Å². The van der Waals surface area contributed by atoms with Gasteiger partial charge in [0.2, 0.25) is 5.91 Å². The molecule has 5 nitrogen and oxygen atoms in total. The molecule has 1 N–H and O–H groups in total. The van der Waals surface area contributed by atoms with Crippen molar-refractivity contribution in [3.05, 3.63) is 36.4 Å². The summed E-state index contributed by atoms with van der Waals surface area (Å²) in [5.41, 5.74) is -1.15. The molecule has 0 spiro atoms. The van der Waals surface area contributed by atoms with E-state index >= 15 is 0 Å². The second kappa shape index (κ2) is 10.6. The summed E-state index contributed by atoms with van der Waals surface area (Å²) in [6, 6.07) is 11.2. The third kappa shape index (κ3) is 5.44. The Morgan fingerprint density at radius 3 is 1.96 bits per heavy atom. The van der Waals surface area contributed by atoms with E-state index in [2.05, 4.69) is 10.3 Å². The molecule has 2 rings (SSSR count). The van der Waals surface area contributed by atoms with Crippen LogP contribution in [-0.2, 0) is 9.59 Å². The van der Waals surface area contributed by atoms with Gasteiger partial charge in [0.25, 0.3) is 5.91 Å². The summed E-state index contributed by atoms with van der Waals surface area (Å²) in [6.45, 7) is 5.62. The molecular weight excluding hydrogens is 303 g/mol. The van der Waals surface area contributed by atoms with Crippen LogP contribution in [-0.4, -0.2) is 17.8 Å². The van der Waals surface area contributed by atoms with Gasteiger partial charge in [-0.15, -0.1) is 0 Å². The fourth-order valence-corrected chi connectivity index (χ4v) is 2.68. The number of benzene rings is 1. The molecule has 0 aromatic heterocycles. The van der Waals surface area contributed by atoms with Crippen molar-refractivity contribution >= 4 is 17.8 Å². The molecule has 0 radical (unpaired) electrons. The fourth-order valence-electron chi connectivity index (χ4n) is 2.68. The topological polar surface area (TPSA) is 81.6 Å². The van der Waals surface area contributed by atoms with Crippen LogP contribution < -0.4 is 40.0 Å². The standard InChI is InChI=1S/C11H18N2O3.C6H6.Na/c1-4-6-7(3)11(5-2)8(14)12-10(16)13-9(11)15;1-2-4-6-5-3-1;/h7H,4-6H2,1-3H3,(H2,12,13,14,15,16);1-6H;/q;;+1/p-1. The third-order valence-corrected chi connectivity index (χ3v) is 4.00. The van der Waals surface area contributed by atoms with E-state index in [0.717, 1.165) is 12.8 Å². The maximum atomic E-state index is 11.9. The van der Waals surface area contributed by atoms with Gasteiger partial charge in [-0.3, -0.25) is 9.59 Å². The second-order valence-corrected chi connectivity index (χ2v) is 5.35. The van der Waals surface area contributed by atoms with Crippen LogP contribution in [0.25, 0.3) is 0 Å². The summed E-state index contributed by atoms with van der Waals surface area (Å²) in [7, 11) is 0. The van der Waals surface area contributed by atoms with Gasteiger partial charge in [-0.2, -0.15) is 0 Å². The normalized spacial score (nSPS) is 21.1. The van der Waals surface area contributed by atoms with Crippen LogP contribution in [0.4, 0.5) is 0 Å². The maximum absolute atomic E-state index is 11.9. The molecule has 2 amide bonds. The zero-order valence-electron chi connectivity index (χ0n) is 14.3. The molecule has 0 fully saturated rings. The molecule has 1 aromatic carbocycles. The smallest absolute Gasteiger partial charge is 0.846 e. The van der Waals surface area contributed by atoms with Gasteiger partial charge in [-0.1, -0.05) is 63.6 Å². The van der Waals surface area contributed by atoms with Gasteiger partial charge in [-0.05, 0) is 18.8 Å². The molecule has 0 bridgehead atoms. The summed E-state index contributed by atoms with van der Waals surface area (Å²) in [6.07, 6.45) is 2.02. The minimum Gasteiger partial charge on any atom is -0.846 e. The number of carbonyl (C=O) groups excluding carboxylic acids is 2. The Kier molecular flexibility index (Phi) is 10.0. The van der Waals surface area contributed by atoms with Gasteiger partial charge in [0.1, 0.15) is 5.41 Å². The number of nitrogens with zero attached hydrogens (tertiary/aromatic N) is 1. The Hall–Kier alpha value is -1.17. The number of aliphatic imine (C=N–C) groups is 1. The number of amidine groups is 1. The van der Waals surface area contributed by atoms with E-state index in [1.807, 2.05) is 50.2 Å². The van der Waals surface area contributed by atoms with Gasteiger partial charge in [-0.25, -0.2) is 4.99 Å². The van der Waals surface area contributed by atoms with Crippen molar-refractivity contribution < 1.29 is 44.3 Å². The number of carbonyl (C=O) groups is 2. The number of nitrogens with one attached hydrogen (secondary N) is 1. The molecule has 1 heterocycles. The largest absolute Gasteiger partial charge is 1.00 e. The van der Waals surface area contributed by atoms with Crippen LogP contribution in [0.5, 0.6) is 0 Å². The van der Waals surface area contributed by atoms with Gasteiger partial charge in [0.15, 0.2) is 0 Å². The van der Waals surface area contributed by atoms with Crippen LogP contribution in [0.2, 0.25) is 0 Å². The van der Waals surface area contributed by atoms with Crippen molar-refractivity contribution in [2.45, 2.75) is 40.0 Å². The third-order valence-electron chi connectivity index (χ3n) is 4.00. The minimum atomic E-state index is -1.15. The quantitative estimate of drug-likeness (QED) is 0.562. The molecule has 1 aliphatic rings. The van der Waals surface area contributed by atoms with E-state index in [9.17, 15) is 14.7 Å². The predicted molar refractivity (Wildman–Crippen MR) is 83.8 cm³/mol. The molecule has 6 heteroatoms. The summed E-state index contributed by atoms with van der Waals surface area (Å²) in [5, 5.41) is 13.1. The molecule has 2 unspecified atom stereocenters. The number of amides is 2. The van der Waals surface area contributed by atoms with Gasteiger partial charge >= 0.3 is 29.6 Å². The molecule has 0 saturated carbocycles. The Morgan fingerprint density at radius 2 is 1.61 bits per heavy atom. The Morgan fingerprint density at radius 1 is 1.13 bits per heavy atom. The molecule has 0 saturated heterocycles. The van der Waals surface area contributed by atoms with Crippen LogP contribution in [0.3, 0.4) is 0 Å². The molecule has 120 valence electrons. The van der Waals surface area contributed by atoms with Crippen LogP contribution in [0.15, 0.2) is 41.4 Å². The van der Waals surface area contributed by atoms with E-state index in [0.29, 0.717) is 6.42 Å². The average molecular weight is 326 g/mol. The first-order valence-electron chi connectivity index (χ1n) is 7.60. The summed E-state index contributed by atoms with van der Waals surface area (Å²) >= 11 is 0. The van der Waals surface area contributed by atoms with Crippen molar-refractivity contribution in [1.29, 1.82) is 0 Å². The first kappa shape index (κ1) is 21.8. The van der Waals surface area contributed by atoms with Crippen molar-refractivity contribution in [2.75, 3.05) is 0 Å². The summed E-state index contributed by atoms with van der Waals surface area (Å²) < 4.78 is 0. The first-order chi connectivity index (χ1) is 10.5. The average Bonchev–Trinajstić information content (AvgIpc) is 2.50. The SMILES string of the molecule is CCCC(C)C1(CC)C(=O)N=C([O-])NC1=O.[Na+].c1ccccc1. The van der Waals surface area contributed by atoms with Gasteiger partial charge < -0.3 is 10.4 Å². The number of hydrogen-bond acceptors (Lipinski definition) is 3. The minimum absolute atomic E-state index is 0. The van der Waals surface area contributed by atoms with Gasteiger partial charge in [0.05, 0.1) is 6.02 Å². The zero-order valence-corrected chi connectivity index (χ0v) is 16.3. The number of rotatable bonds is 4. The number of hydrogen-bond donors (Lipinski definition) is 1. The molecular formula is C17H23N2NaO3. The van der Waals surface area contributed by atoms with Crippen LogP contribution in [0.1, 0.15) is 40.0 Å². The Labute approximate surface area is 159 Å². The van der Waals surface area contributed by atoms with E-state index in [-0.39, 0.29) is 35.5 Å². The predicted octanol–water partition coefficient (Wildman–Crippen LogP) is -1.12. The van der Waals surface area contributed by atoms with Crippen molar-refractivity contribution in [2.24, 2.45) is 16.3 Å². The van der Waals surface area contributed by atoms with E-state index in [1.54, 1.807) is 6.92 Å². The maximum Gasteiger partial charge on any atom is 1.00 e. The second-order valence-electron chi connectivity index (χ2n) is 5.35. The fraction of sp³-hybridized carbons (Fsp3) is 0.471. The van der Waals surface area contributed by atoms with Crippen molar-refractivity contribution in [1.82, 2.24) is 5.32 Å². The van der Waals surface area contributed by atoms with Crippen molar-refractivity contribution in [3.63, 3.8) is 0 Å². The van der Waals surface area contributed by atoms with E-state index in [1.165, 1.54) is 0 Å². The van der Waals surface area contributed by atoms with E-state index in [4.69, 9.17) is 0 Å². The first-order valence-corrected chi connectivity index (χ1v) is 7.60. The Bertz CT molecular complexity index is 507. The summed E-state index contributed by atoms with van der Waals surface area (Å²) in [4.78, 5) is 27.1. The molecule has 0 aliphatic carbocycles. The summed E-state index contributed by atoms with van der Waals surface area (Å²) in [5.74, 6) is -1.20. The molecule has 23 heavy (non-hydrogen) atoms. The van der Waals surface area contributed by atoms with Crippen LogP contribution >= 0.6 is 0 Å². The monoisotopic (exact) mass is 326 g/mol. The molecule has 1 aromatic rings.